The molecule has 0 saturated heterocycles. The molecule has 1 aliphatic heterocycles. The van der Waals surface area contributed by atoms with Crippen molar-refractivity contribution in [2.45, 2.75) is 32.3 Å². The molecule has 0 aromatic heterocycles. The Morgan fingerprint density at radius 1 is 1.80 bits per heavy atom. The normalized spacial score (nSPS) is 21.2. The van der Waals surface area contributed by atoms with Crippen molar-refractivity contribution in [1.82, 2.24) is 0 Å². The lowest BCUT2D eigenvalue weighted by Crippen LogP contribution is -2.12. The minimum absolute atomic E-state index is 0.278. The summed E-state index contributed by atoms with van der Waals surface area (Å²) in [5.41, 5.74) is 1.05. The van der Waals surface area contributed by atoms with E-state index in [0.717, 1.165) is 31.4 Å². The summed E-state index contributed by atoms with van der Waals surface area (Å²) in [6, 6.07) is 0. The third-order valence-electron chi connectivity index (χ3n) is 1.78. The van der Waals surface area contributed by atoms with Crippen molar-refractivity contribution >= 4 is 0 Å². The van der Waals surface area contributed by atoms with E-state index in [1.165, 1.54) is 0 Å². The summed E-state index contributed by atoms with van der Waals surface area (Å²) in [4.78, 5) is 0. The molecule has 1 heterocycles. The van der Waals surface area contributed by atoms with Gasteiger partial charge in [0.05, 0.1) is 19.0 Å². The van der Waals surface area contributed by atoms with Gasteiger partial charge in [-0.25, -0.2) is 0 Å². The zero-order valence-electron chi connectivity index (χ0n) is 6.34. The number of rotatable bonds is 2. The van der Waals surface area contributed by atoms with E-state index in [1.807, 2.05) is 6.92 Å². The Kier molecular flexibility index (Phi) is 2.75. The van der Waals surface area contributed by atoms with Gasteiger partial charge in [-0.3, -0.25) is 0 Å². The van der Waals surface area contributed by atoms with Gasteiger partial charge in [-0.2, -0.15) is 0 Å². The summed E-state index contributed by atoms with van der Waals surface area (Å²) in [6.45, 7) is 2.78. The van der Waals surface area contributed by atoms with Crippen LogP contribution < -0.4 is 0 Å². The van der Waals surface area contributed by atoms with Crippen molar-refractivity contribution in [2.75, 3.05) is 6.61 Å². The lowest BCUT2D eigenvalue weighted by molar-refractivity contribution is 0.166. The van der Waals surface area contributed by atoms with Gasteiger partial charge in [0.25, 0.3) is 0 Å². The second-order valence-electron chi connectivity index (χ2n) is 2.59. The van der Waals surface area contributed by atoms with E-state index < -0.39 is 0 Å². The van der Waals surface area contributed by atoms with Gasteiger partial charge in [-0.05, 0) is 24.8 Å². The minimum atomic E-state index is -0.278. The van der Waals surface area contributed by atoms with Crippen molar-refractivity contribution in [3.8, 4) is 0 Å². The zero-order chi connectivity index (χ0) is 7.40. The van der Waals surface area contributed by atoms with Crippen molar-refractivity contribution in [2.24, 2.45) is 0 Å². The van der Waals surface area contributed by atoms with Gasteiger partial charge in [0.15, 0.2) is 0 Å². The molecule has 0 aromatic carbocycles. The smallest absolute Gasteiger partial charge is 0.0876 e. The van der Waals surface area contributed by atoms with Gasteiger partial charge in [0.2, 0.25) is 0 Å². The maximum Gasteiger partial charge on any atom is 0.0876 e. The Morgan fingerprint density at radius 2 is 2.60 bits per heavy atom. The van der Waals surface area contributed by atoms with Crippen LogP contribution in [0.15, 0.2) is 11.8 Å². The number of hydrogen-bond acceptors (Lipinski definition) is 2. The molecule has 1 aliphatic rings. The Hall–Kier alpha value is -0.500. The minimum Gasteiger partial charge on any atom is -0.501 e. The molecule has 0 aliphatic carbocycles. The van der Waals surface area contributed by atoms with E-state index in [4.69, 9.17) is 4.74 Å². The fourth-order valence-electron chi connectivity index (χ4n) is 1.09. The van der Waals surface area contributed by atoms with Crippen LogP contribution in [0.1, 0.15) is 26.2 Å². The van der Waals surface area contributed by atoms with Crippen LogP contribution in [-0.4, -0.2) is 17.8 Å². The molecular formula is C8H14O2. The third-order valence-corrected chi connectivity index (χ3v) is 1.78. The lowest BCUT2D eigenvalue weighted by Gasteiger charge is -2.17. The first-order valence-electron chi connectivity index (χ1n) is 3.83. The topological polar surface area (TPSA) is 29.5 Å². The fourth-order valence-corrected chi connectivity index (χ4v) is 1.09. The highest BCUT2D eigenvalue weighted by Gasteiger charge is 2.11. The van der Waals surface area contributed by atoms with E-state index in [1.54, 1.807) is 6.26 Å². The standard InChI is InChI=1S/C8H14O2/c1-2-8(9)7-4-3-5-10-6-7/h6,8-9H,2-5H2,1H3. The quantitative estimate of drug-likeness (QED) is 0.632. The van der Waals surface area contributed by atoms with Gasteiger partial charge >= 0.3 is 0 Å². The third kappa shape index (κ3) is 1.74. The van der Waals surface area contributed by atoms with Crippen LogP contribution >= 0.6 is 0 Å². The van der Waals surface area contributed by atoms with Crippen molar-refractivity contribution in [3.05, 3.63) is 11.8 Å². The molecule has 2 heteroatoms. The van der Waals surface area contributed by atoms with E-state index >= 15 is 0 Å². The molecule has 1 rings (SSSR count). The summed E-state index contributed by atoms with van der Waals surface area (Å²) in [7, 11) is 0. The number of hydrogen-bond donors (Lipinski definition) is 1. The first-order valence-corrected chi connectivity index (χ1v) is 3.83. The van der Waals surface area contributed by atoms with Gasteiger partial charge in [-0.1, -0.05) is 6.92 Å². The molecular weight excluding hydrogens is 128 g/mol. The van der Waals surface area contributed by atoms with Crippen molar-refractivity contribution in [1.29, 1.82) is 0 Å². The Morgan fingerprint density at radius 3 is 3.10 bits per heavy atom. The van der Waals surface area contributed by atoms with Crippen LogP contribution in [0.2, 0.25) is 0 Å². The van der Waals surface area contributed by atoms with E-state index in [9.17, 15) is 5.11 Å². The summed E-state index contributed by atoms with van der Waals surface area (Å²) >= 11 is 0. The first kappa shape index (κ1) is 7.61. The van der Waals surface area contributed by atoms with Crippen LogP contribution in [-0.2, 0) is 4.74 Å². The second-order valence-corrected chi connectivity index (χ2v) is 2.59. The number of ether oxygens (including phenoxy) is 1. The maximum absolute atomic E-state index is 9.33. The average molecular weight is 142 g/mol. The highest BCUT2D eigenvalue weighted by molar-refractivity contribution is 5.05. The molecule has 1 atom stereocenters. The molecule has 0 amide bonds. The highest BCUT2D eigenvalue weighted by Crippen LogP contribution is 2.16. The number of aliphatic hydroxyl groups is 1. The Labute approximate surface area is 61.5 Å². The first-order chi connectivity index (χ1) is 4.84. The summed E-state index contributed by atoms with van der Waals surface area (Å²) in [5.74, 6) is 0. The second kappa shape index (κ2) is 3.62. The fraction of sp³-hybridized carbons (Fsp3) is 0.750. The number of aliphatic hydroxyl groups excluding tert-OH is 1. The molecule has 0 fully saturated rings. The molecule has 1 unspecified atom stereocenters. The van der Waals surface area contributed by atoms with E-state index in [2.05, 4.69) is 0 Å². The molecule has 0 saturated carbocycles. The van der Waals surface area contributed by atoms with Gasteiger partial charge in [-0.15, -0.1) is 0 Å². The van der Waals surface area contributed by atoms with Crippen LogP contribution in [0.4, 0.5) is 0 Å². The molecule has 0 aromatic rings. The summed E-state index contributed by atoms with van der Waals surface area (Å²) in [5, 5.41) is 9.33. The maximum atomic E-state index is 9.33. The molecule has 0 spiro atoms. The van der Waals surface area contributed by atoms with Gasteiger partial charge in [0, 0.05) is 0 Å². The largest absolute Gasteiger partial charge is 0.501 e. The lowest BCUT2D eigenvalue weighted by atomic mass is 10.0. The molecule has 10 heavy (non-hydrogen) atoms. The summed E-state index contributed by atoms with van der Waals surface area (Å²) in [6.07, 6.45) is 4.25. The van der Waals surface area contributed by atoms with Crippen molar-refractivity contribution in [3.63, 3.8) is 0 Å². The van der Waals surface area contributed by atoms with Crippen molar-refractivity contribution < 1.29 is 9.84 Å². The molecule has 0 bridgehead atoms. The Balaban J connectivity index is 2.44. The molecule has 1 N–H and O–H groups in total. The SMILES string of the molecule is CCC(O)C1=COCCC1. The Bertz CT molecular complexity index is 129. The monoisotopic (exact) mass is 142 g/mol. The van der Waals surface area contributed by atoms with Gasteiger partial charge < -0.3 is 9.84 Å². The highest BCUT2D eigenvalue weighted by atomic mass is 16.5. The van der Waals surface area contributed by atoms with Crippen LogP contribution in [0.5, 0.6) is 0 Å². The van der Waals surface area contributed by atoms with E-state index in [0.29, 0.717) is 0 Å². The van der Waals surface area contributed by atoms with Gasteiger partial charge in [0.1, 0.15) is 0 Å². The zero-order valence-corrected chi connectivity index (χ0v) is 6.34. The predicted molar refractivity (Wildman–Crippen MR) is 39.6 cm³/mol. The molecule has 58 valence electrons. The predicted octanol–water partition coefficient (Wildman–Crippen LogP) is 1.45. The van der Waals surface area contributed by atoms with Crippen LogP contribution in [0, 0.1) is 0 Å². The molecule has 2 nitrogen and oxygen atoms in total. The molecule has 0 radical (unpaired) electrons. The van der Waals surface area contributed by atoms with Crippen LogP contribution in [0.25, 0.3) is 0 Å². The average Bonchev–Trinajstić information content (AvgIpc) is 2.05. The van der Waals surface area contributed by atoms with Crippen LogP contribution in [0.3, 0.4) is 0 Å². The summed E-state index contributed by atoms with van der Waals surface area (Å²) < 4.78 is 5.08. The van der Waals surface area contributed by atoms with E-state index in [-0.39, 0.29) is 6.10 Å².